The first-order valence-corrected chi connectivity index (χ1v) is 14.5. The molecule has 0 saturated heterocycles. The smallest absolute Gasteiger partial charge is 0.255 e. The van der Waals surface area contributed by atoms with Crippen molar-refractivity contribution in [3.05, 3.63) is 29.3 Å². The molecule has 1 spiro atoms. The van der Waals surface area contributed by atoms with Gasteiger partial charge >= 0.3 is 0 Å². The zero-order valence-corrected chi connectivity index (χ0v) is 22.0. The van der Waals surface area contributed by atoms with Crippen molar-refractivity contribution < 1.29 is 14.4 Å². The van der Waals surface area contributed by atoms with Crippen molar-refractivity contribution in [1.82, 2.24) is 15.5 Å². The van der Waals surface area contributed by atoms with Crippen LogP contribution in [0.15, 0.2) is 23.1 Å². The first-order valence-electron chi connectivity index (χ1n) is 13.5. The SMILES string of the molecule is CNC(=O)CCC(C=O)N1Cc2cc(SCCCCCCCNC3CC4(CCC4)C3)ccc2C1=O. The minimum absolute atomic E-state index is 0.111. The van der Waals surface area contributed by atoms with Crippen LogP contribution in [-0.2, 0) is 16.1 Å². The van der Waals surface area contributed by atoms with E-state index in [1.165, 1.54) is 75.6 Å². The van der Waals surface area contributed by atoms with Gasteiger partial charge in [-0.1, -0.05) is 25.7 Å². The van der Waals surface area contributed by atoms with Gasteiger partial charge in [-0.25, -0.2) is 0 Å². The molecule has 2 aliphatic carbocycles. The molecule has 2 N–H and O–H groups in total. The van der Waals surface area contributed by atoms with Crippen LogP contribution in [0.2, 0.25) is 0 Å². The molecular weight excluding hydrogens is 458 g/mol. The second kappa shape index (κ2) is 12.4. The Morgan fingerprint density at radius 3 is 2.69 bits per heavy atom. The van der Waals surface area contributed by atoms with Gasteiger partial charge < -0.3 is 20.3 Å². The largest absolute Gasteiger partial charge is 0.359 e. The van der Waals surface area contributed by atoms with Crippen LogP contribution in [0.3, 0.4) is 0 Å². The average molecular weight is 500 g/mol. The molecule has 0 bridgehead atoms. The van der Waals surface area contributed by atoms with E-state index in [1.807, 2.05) is 23.9 Å². The number of carbonyl (C=O) groups is 3. The number of unbranched alkanes of at least 4 members (excludes halogenated alkanes) is 4. The molecule has 4 rings (SSSR count). The Labute approximate surface area is 214 Å². The molecule has 1 unspecified atom stereocenters. The van der Waals surface area contributed by atoms with Crippen LogP contribution in [-0.4, -0.2) is 54.4 Å². The Morgan fingerprint density at radius 2 is 1.97 bits per heavy atom. The number of nitrogens with zero attached hydrogens (tertiary/aromatic N) is 1. The van der Waals surface area contributed by atoms with Gasteiger partial charge in [-0.15, -0.1) is 11.8 Å². The minimum Gasteiger partial charge on any atom is -0.359 e. The molecule has 1 atom stereocenters. The Bertz CT molecular complexity index is 893. The predicted molar refractivity (Wildman–Crippen MR) is 141 cm³/mol. The second-order valence-corrected chi connectivity index (χ2v) is 11.9. The molecule has 35 heavy (non-hydrogen) atoms. The fraction of sp³-hybridized carbons (Fsp3) is 0.679. The molecule has 7 heteroatoms. The minimum atomic E-state index is -0.563. The maximum atomic E-state index is 12.8. The van der Waals surface area contributed by atoms with Gasteiger partial charge in [-0.05, 0) is 86.4 Å². The lowest BCUT2D eigenvalue weighted by molar-refractivity contribution is -0.121. The standard InChI is InChI=1S/C28H41N3O3S/c1-29-26(33)11-8-23(20-32)31-19-21-16-24(9-10-25(21)27(31)34)35-15-6-4-2-3-5-14-30-22-17-28(18-22)12-7-13-28/h9-10,16,20,22-23,30H,2-8,11-15,17-19H2,1H3,(H,29,33). The highest BCUT2D eigenvalue weighted by Gasteiger charge is 2.47. The van der Waals surface area contributed by atoms with E-state index in [9.17, 15) is 14.4 Å². The van der Waals surface area contributed by atoms with Gasteiger partial charge in [0.25, 0.3) is 5.91 Å². The van der Waals surface area contributed by atoms with Crippen LogP contribution in [0.5, 0.6) is 0 Å². The maximum Gasteiger partial charge on any atom is 0.255 e. The monoisotopic (exact) mass is 499 g/mol. The number of hydrogen-bond acceptors (Lipinski definition) is 5. The summed E-state index contributed by atoms with van der Waals surface area (Å²) in [5.74, 6) is 0.855. The molecule has 2 saturated carbocycles. The molecular formula is C28H41N3O3S. The molecule has 1 aromatic rings. The molecule has 1 aliphatic heterocycles. The van der Waals surface area contributed by atoms with Gasteiger partial charge in [-0.2, -0.15) is 0 Å². The Balaban J connectivity index is 1.08. The van der Waals surface area contributed by atoms with E-state index in [-0.39, 0.29) is 18.2 Å². The fourth-order valence-corrected chi connectivity index (χ4v) is 6.82. The number of fused-ring (bicyclic) bond motifs is 1. The molecule has 6 nitrogen and oxygen atoms in total. The van der Waals surface area contributed by atoms with Crippen molar-refractivity contribution in [3.8, 4) is 0 Å². The van der Waals surface area contributed by atoms with E-state index in [0.717, 1.165) is 29.1 Å². The van der Waals surface area contributed by atoms with E-state index in [0.29, 0.717) is 18.5 Å². The van der Waals surface area contributed by atoms with Crippen molar-refractivity contribution in [3.63, 3.8) is 0 Å². The Kier molecular flexibility index (Phi) is 9.28. The Morgan fingerprint density at radius 1 is 1.20 bits per heavy atom. The molecule has 2 fully saturated rings. The number of nitrogens with one attached hydrogen (secondary N) is 2. The molecule has 3 aliphatic rings. The van der Waals surface area contributed by atoms with Crippen molar-refractivity contribution in [2.75, 3.05) is 19.3 Å². The highest BCUT2D eigenvalue weighted by Crippen LogP contribution is 2.55. The van der Waals surface area contributed by atoms with Crippen LogP contribution in [0.25, 0.3) is 0 Å². The molecule has 1 heterocycles. The molecule has 192 valence electrons. The third-order valence-corrected chi connectivity index (χ3v) is 9.29. The maximum absolute atomic E-state index is 12.8. The van der Waals surface area contributed by atoms with Crippen LogP contribution in [0.4, 0.5) is 0 Å². The fourth-order valence-electron chi connectivity index (χ4n) is 5.85. The zero-order valence-electron chi connectivity index (χ0n) is 21.2. The number of hydrogen-bond donors (Lipinski definition) is 2. The first-order chi connectivity index (χ1) is 17.0. The third-order valence-electron chi connectivity index (χ3n) is 8.21. The van der Waals surface area contributed by atoms with Crippen LogP contribution in [0.1, 0.15) is 93.0 Å². The number of rotatable bonds is 15. The van der Waals surface area contributed by atoms with E-state index in [2.05, 4.69) is 16.7 Å². The van der Waals surface area contributed by atoms with Crippen LogP contribution in [0, 0.1) is 5.41 Å². The van der Waals surface area contributed by atoms with Crippen LogP contribution < -0.4 is 10.6 Å². The van der Waals surface area contributed by atoms with Crippen LogP contribution >= 0.6 is 11.8 Å². The first kappa shape index (κ1) is 26.2. The summed E-state index contributed by atoms with van der Waals surface area (Å²) in [6.07, 6.45) is 15.0. The summed E-state index contributed by atoms with van der Waals surface area (Å²) in [6.45, 7) is 1.62. The lowest BCUT2D eigenvalue weighted by Gasteiger charge is -2.54. The summed E-state index contributed by atoms with van der Waals surface area (Å²) >= 11 is 1.85. The molecule has 0 aromatic heterocycles. The van der Waals surface area contributed by atoms with Crippen molar-refractivity contribution >= 4 is 29.9 Å². The highest BCUT2D eigenvalue weighted by atomic mass is 32.2. The number of benzene rings is 1. The lowest BCUT2D eigenvalue weighted by atomic mass is 9.54. The zero-order chi connectivity index (χ0) is 24.7. The van der Waals surface area contributed by atoms with Gasteiger partial charge in [0.2, 0.25) is 5.91 Å². The molecule has 2 amide bonds. The normalized spacial score (nSPS) is 19.2. The van der Waals surface area contributed by atoms with E-state index >= 15 is 0 Å². The Hall–Kier alpha value is -1.86. The summed E-state index contributed by atoms with van der Waals surface area (Å²) < 4.78 is 0. The number of carbonyl (C=O) groups excluding carboxylic acids is 3. The number of amides is 2. The second-order valence-electron chi connectivity index (χ2n) is 10.7. The average Bonchev–Trinajstić information content (AvgIpc) is 3.13. The summed E-state index contributed by atoms with van der Waals surface area (Å²) in [4.78, 5) is 38.7. The summed E-state index contributed by atoms with van der Waals surface area (Å²) in [5, 5.41) is 6.31. The topological polar surface area (TPSA) is 78.5 Å². The summed E-state index contributed by atoms with van der Waals surface area (Å²) in [7, 11) is 1.58. The van der Waals surface area contributed by atoms with E-state index < -0.39 is 6.04 Å². The summed E-state index contributed by atoms with van der Waals surface area (Å²) in [5.41, 5.74) is 2.43. The lowest BCUT2D eigenvalue weighted by Crippen LogP contribution is -2.52. The van der Waals surface area contributed by atoms with Crippen molar-refractivity contribution in [2.24, 2.45) is 5.41 Å². The van der Waals surface area contributed by atoms with Gasteiger partial charge in [0, 0.05) is 36.5 Å². The van der Waals surface area contributed by atoms with Gasteiger partial charge in [0.1, 0.15) is 6.29 Å². The third kappa shape index (κ3) is 6.67. The number of thioether (sulfide) groups is 1. The quantitative estimate of drug-likeness (QED) is 0.208. The van der Waals surface area contributed by atoms with Gasteiger partial charge in [0.05, 0.1) is 6.04 Å². The highest BCUT2D eigenvalue weighted by molar-refractivity contribution is 7.99. The number of aldehydes is 1. The summed E-state index contributed by atoms with van der Waals surface area (Å²) in [6, 6.07) is 6.24. The van der Waals surface area contributed by atoms with E-state index in [1.54, 1.807) is 11.9 Å². The van der Waals surface area contributed by atoms with Crippen molar-refractivity contribution in [2.45, 2.75) is 101 Å². The molecule has 1 aromatic carbocycles. The molecule has 0 radical (unpaired) electrons. The van der Waals surface area contributed by atoms with E-state index in [4.69, 9.17) is 0 Å². The van der Waals surface area contributed by atoms with Gasteiger partial charge in [-0.3, -0.25) is 9.59 Å². The van der Waals surface area contributed by atoms with Crippen molar-refractivity contribution in [1.29, 1.82) is 0 Å². The predicted octanol–water partition coefficient (Wildman–Crippen LogP) is 4.70. The van der Waals surface area contributed by atoms with Gasteiger partial charge in [0.15, 0.2) is 0 Å².